The molecule has 2 heterocycles. The molecule has 0 radical (unpaired) electrons. The first-order valence-electron chi connectivity index (χ1n) is 9.90. The van der Waals surface area contributed by atoms with Crippen molar-refractivity contribution in [3.63, 3.8) is 0 Å². The first-order chi connectivity index (χ1) is 15.6. The first-order valence-corrected chi connectivity index (χ1v) is 9.90. The number of carbonyl (C=O) groups is 1. The summed E-state index contributed by atoms with van der Waals surface area (Å²) in [5, 5.41) is 79.1. The largest absolute Gasteiger partial charge is 0.504 e. The fraction of sp³-hybridized carbons (Fsp3) is 0.381. The summed E-state index contributed by atoms with van der Waals surface area (Å²) in [4.78, 5) is 13.0. The molecule has 6 atom stereocenters. The molecule has 4 rings (SSSR count). The lowest BCUT2D eigenvalue weighted by atomic mass is 9.94. The van der Waals surface area contributed by atoms with Gasteiger partial charge < -0.3 is 55.1 Å². The smallest absolute Gasteiger partial charge is 0.229 e. The van der Waals surface area contributed by atoms with Crippen molar-refractivity contribution in [1.29, 1.82) is 0 Å². The molecule has 0 aromatic heterocycles. The van der Waals surface area contributed by atoms with Crippen molar-refractivity contribution in [2.24, 2.45) is 0 Å². The van der Waals surface area contributed by atoms with Crippen molar-refractivity contribution >= 4 is 5.78 Å². The summed E-state index contributed by atoms with van der Waals surface area (Å²) in [5.41, 5.74) is 0.0785. The maximum atomic E-state index is 13.0. The zero-order chi connectivity index (χ0) is 24.0. The third-order valence-electron chi connectivity index (χ3n) is 5.57. The van der Waals surface area contributed by atoms with Crippen molar-refractivity contribution in [1.82, 2.24) is 0 Å². The number of aromatic hydroxyl groups is 4. The predicted molar refractivity (Wildman–Crippen MR) is 106 cm³/mol. The van der Waals surface area contributed by atoms with E-state index in [1.165, 1.54) is 18.2 Å². The van der Waals surface area contributed by atoms with Crippen molar-refractivity contribution < 1.29 is 59.9 Å². The number of benzene rings is 2. The number of ether oxygens (including phenoxy) is 3. The zero-order valence-electron chi connectivity index (χ0n) is 16.9. The van der Waals surface area contributed by atoms with E-state index in [-0.39, 0.29) is 23.5 Å². The molecule has 2 aromatic carbocycles. The molecular formula is C21H22O12. The molecular weight excluding hydrogens is 444 g/mol. The Morgan fingerprint density at radius 3 is 2.33 bits per heavy atom. The standard InChI is InChI=1S/C21H22O12/c22-6-14-17(28)18(29)19(30)21(32-14)33-20-15-10(25)4-12(7-1-2-8(23)9(24)3-7)31-13(15)5-11(26)16(20)27/h1-3,5,12,14,17-19,21-24,26-30H,4,6H2/t12-,14+,17+,18-,19+,21+/m0/s1. The maximum Gasteiger partial charge on any atom is 0.229 e. The summed E-state index contributed by atoms with van der Waals surface area (Å²) in [6, 6.07) is 4.85. The number of ketones is 1. The number of fused-ring (bicyclic) bond motifs is 1. The summed E-state index contributed by atoms with van der Waals surface area (Å²) >= 11 is 0. The molecule has 0 aliphatic carbocycles. The van der Waals surface area contributed by atoms with E-state index in [4.69, 9.17) is 14.2 Å². The normalized spacial score (nSPS) is 29.3. The lowest BCUT2D eigenvalue weighted by Gasteiger charge is -2.40. The quantitative estimate of drug-likeness (QED) is 0.266. The second-order valence-electron chi connectivity index (χ2n) is 7.74. The zero-order valence-corrected chi connectivity index (χ0v) is 16.9. The number of aliphatic hydroxyl groups is 4. The molecule has 2 aromatic rings. The Balaban J connectivity index is 1.68. The molecule has 33 heavy (non-hydrogen) atoms. The first kappa shape index (κ1) is 22.9. The van der Waals surface area contributed by atoms with Crippen LogP contribution in [0.25, 0.3) is 0 Å². The van der Waals surface area contributed by atoms with Gasteiger partial charge in [0.15, 0.2) is 28.8 Å². The van der Waals surface area contributed by atoms with E-state index in [2.05, 4.69) is 0 Å². The van der Waals surface area contributed by atoms with Crippen molar-refractivity contribution in [2.45, 2.75) is 43.2 Å². The fourth-order valence-electron chi connectivity index (χ4n) is 3.76. The lowest BCUT2D eigenvalue weighted by molar-refractivity contribution is -0.277. The Hall–Kier alpha value is -3.29. The Morgan fingerprint density at radius 2 is 1.67 bits per heavy atom. The van der Waals surface area contributed by atoms with Crippen LogP contribution in [0.1, 0.15) is 28.4 Å². The van der Waals surface area contributed by atoms with Gasteiger partial charge in [0, 0.05) is 6.07 Å². The van der Waals surface area contributed by atoms with Crippen LogP contribution in [-0.2, 0) is 4.74 Å². The van der Waals surface area contributed by atoms with Crippen molar-refractivity contribution in [3.8, 4) is 34.5 Å². The average molecular weight is 466 g/mol. The Bertz CT molecular complexity index is 1070. The molecule has 12 heteroatoms. The number of aliphatic hydroxyl groups excluding tert-OH is 4. The molecule has 12 nitrogen and oxygen atoms in total. The van der Waals surface area contributed by atoms with Gasteiger partial charge in [-0.15, -0.1) is 0 Å². The molecule has 1 saturated heterocycles. The third-order valence-corrected chi connectivity index (χ3v) is 5.57. The van der Waals surface area contributed by atoms with E-state index in [1.807, 2.05) is 0 Å². The van der Waals surface area contributed by atoms with Gasteiger partial charge in [0.2, 0.25) is 12.0 Å². The van der Waals surface area contributed by atoms with Crippen LogP contribution in [0.5, 0.6) is 34.5 Å². The van der Waals surface area contributed by atoms with Gasteiger partial charge in [-0.3, -0.25) is 4.79 Å². The van der Waals surface area contributed by atoms with Gasteiger partial charge in [-0.1, -0.05) is 6.07 Å². The number of Topliss-reactive ketones (excluding diaryl/α,β-unsaturated/α-hetero) is 1. The summed E-state index contributed by atoms with van der Waals surface area (Å²) < 4.78 is 16.4. The van der Waals surface area contributed by atoms with Crippen LogP contribution in [0.15, 0.2) is 24.3 Å². The highest BCUT2D eigenvalue weighted by Gasteiger charge is 2.46. The fourth-order valence-corrected chi connectivity index (χ4v) is 3.76. The van der Waals surface area contributed by atoms with E-state index in [0.717, 1.165) is 6.07 Å². The number of carbonyl (C=O) groups excluding carboxylic acids is 1. The molecule has 0 saturated carbocycles. The molecule has 8 N–H and O–H groups in total. The van der Waals surface area contributed by atoms with Gasteiger partial charge in [-0.2, -0.15) is 0 Å². The van der Waals surface area contributed by atoms with Gasteiger partial charge in [0.1, 0.15) is 41.8 Å². The van der Waals surface area contributed by atoms with Gasteiger partial charge in [0.05, 0.1) is 13.0 Å². The topological polar surface area (TPSA) is 207 Å². The van der Waals surface area contributed by atoms with Crippen LogP contribution in [0.2, 0.25) is 0 Å². The molecule has 2 aliphatic rings. The predicted octanol–water partition coefficient (Wildman–Crippen LogP) is -0.606. The Morgan fingerprint density at radius 1 is 0.939 bits per heavy atom. The molecule has 0 amide bonds. The molecule has 1 fully saturated rings. The van der Waals surface area contributed by atoms with E-state index in [9.17, 15) is 45.6 Å². The van der Waals surface area contributed by atoms with Gasteiger partial charge in [-0.05, 0) is 17.7 Å². The van der Waals surface area contributed by atoms with E-state index in [1.54, 1.807) is 0 Å². The summed E-state index contributed by atoms with van der Waals surface area (Å²) in [6.45, 7) is -0.724. The third kappa shape index (κ3) is 3.98. The number of hydrogen-bond acceptors (Lipinski definition) is 12. The van der Waals surface area contributed by atoms with E-state index >= 15 is 0 Å². The summed E-state index contributed by atoms with van der Waals surface area (Å²) in [5.74, 6) is -3.74. The second-order valence-corrected chi connectivity index (χ2v) is 7.74. The van der Waals surface area contributed by atoms with E-state index < -0.39 is 72.2 Å². The van der Waals surface area contributed by atoms with Crippen LogP contribution in [0, 0.1) is 0 Å². The minimum absolute atomic E-state index is 0.182. The van der Waals surface area contributed by atoms with E-state index in [0.29, 0.717) is 5.56 Å². The van der Waals surface area contributed by atoms with Gasteiger partial charge >= 0.3 is 0 Å². The number of hydrogen-bond donors (Lipinski definition) is 8. The monoisotopic (exact) mass is 466 g/mol. The Kier molecular flexibility index (Phi) is 5.95. The van der Waals surface area contributed by atoms with Crippen molar-refractivity contribution in [2.75, 3.05) is 6.61 Å². The highest BCUT2D eigenvalue weighted by molar-refractivity contribution is 6.03. The molecule has 0 bridgehead atoms. The maximum absolute atomic E-state index is 13.0. The minimum Gasteiger partial charge on any atom is -0.504 e. The summed E-state index contributed by atoms with van der Waals surface area (Å²) in [7, 11) is 0. The number of phenolic OH excluding ortho intramolecular Hbond substituents is 4. The van der Waals surface area contributed by atoms with Crippen molar-refractivity contribution in [3.05, 3.63) is 35.4 Å². The van der Waals surface area contributed by atoms with Crippen LogP contribution in [0.3, 0.4) is 0 Å². The second kappa shape index (κ2) is 8.57. The highest BCUT2D eigenvalue weighted by atomic mass is 16.7. The highest BCUT2D eigenvalue weighted by Crippen LogP contribution is 2.49. The molecule has 0 spiro atoms. The molecule has 2 aliphatic heterocycles. The Labute approximate surface area is 186 Å². The average Bonchev–Trinajstić information content (AvgIpc) is 2.78. The van der Waals surface area contributed by atoms with Crippen LogP contribution < -0.4 is 9.47 Å². The number of rotatable bonds is 4. The van der Waals surface area contributed by atoms with Crippen LogP contribution in [0.4, 0.5) is 0 Å². The minimum atomic E-state index is -1.83. The summed E-state index contributed by atoms with van der Waals surface area (Å²) in [6.07, 6.45) is -9.45. The molecule has 178 valence electrons. The van der Waals surface area contributed by atoms with Gasteiger partial charge in [0.25, 0.3) is 0 Å². The molecule has 0 unspecified atom stereocenters. The van der Waals surface area contributed by atoms with Crippen LogP contribution in [-0.4, -0.2) is 83.9 Å². The number of phenols is 4. The van der Waals surface area contributed by atoms with Crippen LogP contribution >= 0.6 is 0 Å². The lowest BCUT2D eigenvalue weighted by Crippen LogP contribution is -2.60. The van der Waals surface area contributed by atoms with Gasteiger partial charge in [-0.25, -0.2) is 0 Å². The SMILES string of the molecule is O=C1C[C@@H](c2ccc(O)c(O)c2)Oc2cc(O)c(O)c(O[C@H]3O[C@H](CO)[C@@H](O)[C@H](O)[C@H]3O)c21.